The fourth-order valence-corrected chi connectivity index (χ4v) is 4.24. The molecule has 0 bridgehead atoms. The number of piperidine rings is 1. The molecular formula is C27H29F2N3O. The summed E-state index contributed by atoms with van der Waals surface area (Å²) in [6, 6.07) is 17.2. The predicted molar refractivity (Wildman–Crippen MR) is 126 cm³/mol. The second-order valence-corrected chi connectivity index (χ2v) is 8.43. The standard InChI is InChI=1S/C27H29F2N3O/c28-24-7-3-22(4-8-24)27(23-5-9-25(29)10-6-23)2-1-17-32-18-13-26(14-19-32)31-33-20-21-11-15-30-16-12-21/h3-12,15-16,27H,1-2,13-14,17-20H2. The zero-order valence-electron chi connectivity index (χ0n) is 18.7. The van der Waals surface area contributed by atoms with Crippen LogP contribution in [0.1, 0.15) is 48.3 Å². The first-order valence-electron chi connectivity index (χ1n) is 11.5. The van der Waals surface area contributed by atoms with Crippen molar-refractivity contribution in [2.45, 2.75) is 38.2 Å². The third-order valence-electron chi connectivity index (χ3n) is 6.12. The van der Waals surface area contributed by atoms with E-state index in [1.54, 1.807) is 12.4 Å². The van der Waals surface area contributed by atoms with Crippen molar-refractivity contribution >= 4 is 5.71 Å². The third-order valence-corrected chi connectivity index (χ3v) is 6.12. The summed E-state index contributed by atoms with van der Waals surface area (Å²) in [4.78, 5) is 12.0. The number of benzene rings is 2. The van der Waals surface area contributed by atoms with Gasteiger partial charge in [-0.2, -0.15) is 0 Å². The molecule has 4 nitrogen and oxygen atoms in total. The van der Waals surface area contributed by atoms with E-state index in [-0.39, 0.29) is 17.6 Å². The molecule has 1 aromatic heterocycles. The van der Waals surface area contributed by atoms with E-state index in [4.69, 9.17) is 4.84 Å². The molecule has 2 heterocycles. The van der Waals surface area contributed by atoms with Crippen LogP contribution >= 0.6 is 0 Å². The van der Waals surface area contributed by atoms with Gasteiger partial charge < -0.3 is 9.74 Å². The molecule has 0 aliphatic carbocycles. The molecule has 0 atom stereocenters. The second-order valence-electron chi connectivity index (χ2n) is 8.43. The minimum atomic E-state index is -0.243. The van der Waals surface area contributed by atoms with Gasteiger partial charge in [-0.1, -0.05) is 29.4 Å². The van der Waals surface area contributed by atoms with Crippen molar-refractivity contribution in [3.05, 3.63) is 101 Å². The molecule has 3 aromatic rings. The molecule has 6 heteroatoms. The van der Waals surface area contributed by atoms with E-state index in [0.29, 0.717) is 6.61 Å². The Hall–Kier alpha value is -3.12. The van der Waals surface area contributed by atoms with Gasteiger partial charge in [0.15, 0.2) is 0 Å². The number of halogens is 2. The number of hydrogen-bond donors (Lipinski definition) is 0. The van der Waals surface area contributed by atoms with Gasteiger partial charge in [-0.05, 0) is 72.5 Å². The summed E-state index contributed by atoms with van der Waals surface area (Å²) in [6.07, 6.45) is 7.25. The van der Waals surface area contributed by atoms with Crippen molar-refractivity contribution in [3.63, 3.8) is 0 Å². The normalized spacial score (nSPS) is 14.5. The molecule has 4 rings (SSSR count). The molecule has 1 fully saturated rings. The first-order chi connectivity index (χ1) is 16.2. The van der Waals surface area contributed by atoms with Gasteiger partial charge in [0.05, 0.1) is 5.71 Å². The highest BCUT2D eigenvalue weighted by atomic mass is 19.1. The van der Waals surface area contributed by atoms with E-state index >= 15 is 0 Å². The lowest BCUT2D eigenvalue weighted by molar-refractivity contribution is 0.127. The molecule has 1 aliphatic rings. The Bertz CT molecular complexity index is 968. The average molecular weight is 450 g/mol. The van der Waals surface area contributed by atoms with Gasteiger partial charge in [0.2, 0.25) is 0 Å². The first kappa shape index (κ1) is 23.1. The molecule has 172 valence electrons. The monoisotopic (exact) mass is 449 g/mol. The van der Waals surface area contributed by atoms with E-state index in [0.717, 1.165) is 67.7 Å². The number of oxime groups is 1. The number of rotatable bonds is 9. The van der Waals surface area contributed by atoms with Crippen molar-refractivity contribution in [3.8, 4) is 0 Å². The summed E-state index contributed by atoms with van der Waals surface area (Å²) in [6.45, 7) is 3.39. The van der Waals surface area contributed by atoms with E-state index < -0.39 is 0 Å². The molecular weight excluding hydrogens is 420 g/mol. The second kappa shape index (κ2) is 11.7. The number of pyridine rings is 1. The Kier molecular flexibility index (Phi) is 8.14. The zero-order valence-corrected chi connectivity index (χ0v) is 18.7. The Morgan fingerprint density at radius 3 is 2.00 bits per heavy atom. The summed E-state index contributed by atoms with van der Waals surface area (Å²) in [5.41, 5.74) is 4.28. The topological polar surface area (TPSA) is 37.7 Å². The van der Waals surface area contributed by atoms with Gasteiger partial charge in [0, 0.05) is 44.2 Å². The fraction of sp³-hybridized carbons (Fsp3) is 0.333. The lowest BCUT2D eigenvalue weighted by atomic mass is 9.87. The Balaban J connectivity index is 1.26. The third kappa shape index (κ3) is 6.93. The van der Waals surface area contributed by atoms with Gasteiger partial charge in [-0.3, -0.25) is 4.98 Å². The summed E-state index contributed by atoms with van der Waals surface area (Å²) in [5.74, 6) is -0.367. The molecule has 0 saturated carbocycles. The highest BCUT2D eigenvalue weighted by molar-refractivity contribution is 5.84. The fourth-order valence-electron chi connectivity index (χ4n) is 4.24. The van der Waals surface area contributed by atoms with Crippen LogP contribution in [0.2, 0.25) is 0 Å². The van der Waals surface area contributed by atoms with Crippen LogP contribution in [0.5, 0.6) is 0 Å². The van der Waals surface area contributed by atoms with Crippen LogP contribution in [0.3, 0.4) is 0 Å². The Morgan fingerprint density at radius 2 is 1.42 bits per heavy atom. The van der Waals surface area contributed by atoms with Crippen molar-refractivity contribution in [2.75, 3.05) is 19.6 Å². The SMILES string of the molecule is Fc1ccc(C(CCCN2CCC(=NOCc3ccncc3)CC2)c2ccc(F)cc2)cc1. The number of aromatic nitrogens is 1. The minimum Gasteiger partial charge on any atom is -0.391 e. The highest BCUT2D eigenvalue weighted by Gasteiger charge is 2.18. The lowest BCUT2D eigenvalue weighted by Gasteiger charge is -2.28. The summed E-state index contributed by atoms with van der Waals surface area (Å²) in [5, 5.41) is 4.32. The van der Waals surface area contributed by atoms with Crippen LogP contribution in [0, 0.1) is 11.6 Å². The van der Waals surface area contributed by atoms with Gasteiger partial charge in [0.25, 0.3) is 0 Å². The Labute approximate surface area is 193 Å². The van der Waals surface area contributed by atoms with Crippen molar-refractivity contribution in [1.82, 2.24) is 9.88 Å². The minimum absolute atomic E-state index is 0.120. The van der Waals surface area contributed by atoms with E-state index in [1.165, 1.54) is 24.3 Å². The van der Waals surface area contributed by atoms with Crippen molar-refractivity contribution in [1.29, 1.82) is 0 Å². The maximum Gasteiger partial charge on any atom is 0.142 e. The maximum atomic E-state index is 13.4. The predicted octanol–water partition coefficient (Wildman–Crippen LogP) is 5.94. The Morgan fingerprint density at radius 1 is 0.848 bits per heavy atom. The van der Waals surface area contributed by atoms with Crippen LogP contribution in [-0.2, 0) is 11.4 Å². The molecule has 33 heavy (non-hydrogen) atoms. The molecule has 1 saturated heterocycles. The molecule has 2 aromatic carbocycles. The summed E-state index contributed by atoms with van der Waals surface area (Å²) < 4.78 is 26.8. The molecule has 0 unspecified atom stereocenters. The molecule has 0 amide bonds. The van der Waals surface area contributed by atoms with Gasteiger partial charge in [0.1, 0.15) is 18.2 Å². The van der Waals surface area contributed by atoms with E-state index in [2.05, 4.69) is 15.0 Å². The van der Waals surface area contributed by atoms with Crippen LogP contribution in [0.15, 0.2) is 78.2 Å². The molecule has 0 N–H and O–H groups in total. The van der Waals surface area contributed by atoms with Crippen molar-refractivity contribution in [2.24, 2.45) is 5.16 Å². The largest absolute Gasteiger partial charge is 0.391 e. The zero-order chi connectivity index (χ0) is 22.9. The van der Waals surface area contributed by atoms with E-state index in [9.17, 15) is 8.78 Å². The van der Waals surface area contributed by atoms with Crippen LogP contribution in [0.4, 0.5) is 8.78 Å². The number of hydrogen-bond acceptors (Lipinski definition) is 4. The highest BCUT2D eigenvalue weighted by Crippen LogP contribution is 2.30. The van der Waals surface area contributed by atoms with Gasteiger partial charge >= 0.3 is 0 Å². The lowest BCUT2D eigenvalue weighted by Crippen LogP contribution is -2.34. The average Bonchev–Trinajstić information content (AvgIpc) is 2.85. The van der Waals surface area contributed by atoms with Gasteiger partial charge in [-0.15, -0.1) is 0 Å². The number of likely N-dealkylation sites (tertiary alicyclic amines) is 1. The van der Waals surface area contributed by atoms with Crippen LogP contribution < -0.4 is 0 Å². The number of nitrogens with zero attached hydrogens (tertiary/aromatic N) is 3. The molecule has 0 radical (unpaired) electrons. The van der Waals surface area contributed by atoms with Crippen LogP contribution in [0.25, 0.3) is 0 Å². The van der Waals surface area contributed by atoms with E-state index in [1.807, 2.05) is 36.4 Å². The quantitative estimate of drug-likeness (QED) is 0.380. The summed E-state index contributed by atoms with van der Waals surface area (Å²) >= 11 is 0. The van der Waals surface area contributed by atoms with Gasteiger partial charge in [-0.25, -0.2) is 8.78 Å². The summed E-state index contributed by atoms with van der Waals surface area (Å²) in [7, 11) is 0. The smallest absolute Gasteiger partial charge is 0.142 e. The molecule has 1 aliphatic heterocycles. The maximum absolute atomic E-state index is 13.4. The first-order valence-corrected chi connectivity index (χ1v) is 11.5. The molecule has 0 spiro atoms. The van der Waals surface area contributed by atoms with Crippen LogP contribution in [-0.4, -0.2) is 35.2 Å². The van der Waals surface area contributed by atoms with Crippen molar-refractivity contribution < 1.29 is 13.6 Å².